The van der Waals surface area contributed by atoms with Crippen molar-refractivity contribution in [3.8, 4) is 6.07 Å². The van der Waals surface area contributed by atoms with Gasteiger partial charge in [0.25, 0.3) is 5.91 Å². The summed E-state index contributed by atoms with van der Waals surface area (Å²) in [6.07, 6.45) is 1.97. The first-order valence-corrected chi connectivity index (χ1v) is 6.82. The monoisotopic (exact) mass is 288 g/mol. The normalized spacial score (nSPS) is 14.2. The van der Waals surface area contributed by atoms with Gasteiger partial charge in [0.1, 0.15) is 21.6 Å². The predicted octanol–water partition coefficient (Wildman–Crippen LogP) is 0.813. The zero-order chi connectivity index (χ0) is 14.4. The summed E-state index contributed by atoms with van der Waals surface area (Å²) in [5.41, 5.74) is 15.5. The molecule has 1 aliphatic carbocycles. The maximum atomic E-state index is 11.7. The lowest BCUT2D eigenvalue weighted by Crippen LogP contribution is -2.29. The number of nitrogens with two attached hydrogens (primary N) is 3. The number of nitrogens with one attached hydrogen (secondary N) is 1. The molecule has 1 aliphatic rings. The van der Waals surface area contributed by atoms with Gasteiger partial charge in [0.05, 0.1) is 11.3 Å². The van der Waals surface area contributed by atoms with Crippen LogP contribution in [0.2, 0.25) is 0 Å². The van der Waals surface area contributed by atoms with Crippen molar-refractivity contribution in [2.45, 2.75) is 18.8 Å². The summed E-state index contributed by atoms with van der Waals surface area (Å²) >= 11 is 1.13. The van der Waals surface area contributed by atoms with Gasteiger partial charge >= 0.3 is 0 Å². The Labute approximate surface area is 118 Å². The van der Waals surface area contributed by atoms with E-state index in [1.54, 1.807) is 0 Å². The Morgan fingerprint density at radius 2 is 2.15 bits per heavy atom. The Morgan fingerprint density at radius 3 is 2.70 bits per heavy atom. The van der Waals surface area contributed by atoms with Gasteiger partial charge in [-0.2, -0.15) is 5.26 Å². The molecule has 0 aliphatic heterocycles. The summed E-state index contributed by atoms with van der Waals surface area (Å²) in [7, 11) is 0. The zero-order valence-electron chi connectivity index (χ0n) is 10.4. The first-order chi connectivity index (χ1) is 9.58. The number of hydrogen-bond acceptors (Lipinski definition) is 7. The van der Waals surface area contributed by atoms with Crippen LogP contribution in [-0.2, 0) is 0 Å². The number of amides is 1. The van der Waals surface area contributed by atoms with Gasteiger partial charge in [0.2, 0.25) is 0 Å². The first-order valence-electron chi connectivity index (χ1n) is 6.00. The van der Waals surface area contributed by atoms with E-state index in [0.29, 0.717) is 26.3 Å². The standard InChI is InChI=1S/C12H12N6OS/c13-3-5-6(4-1-2-4)7-8(14)9(11(19)18-16)20-12(7)17-10(5)15/h4H,1-2,14,16H2,(H2,15,17)(H,18,19). The number of hydrogen-bond donors (Lipinski definition) is 4. The quantitative estimate of drug-likeness (QED) is 0.365. The van der Waals surface area contributed by atoms with E-state index in [1.807, 2.05) is 0 Å². The van der Waals surface area contributed by atoms with Crippen molar-refractivity contribution in [3.05, 3.63) is 16.0 Å². The van der Waals surface area contributed by atoms with Crippen molar-refractivity contribution in [3.63, 3.8) is 0 Å². The molecule has 0 spiro atoms. The van der Waals surface area contributed by atoms with Crippen LogP contribution in [0.1, 0.15) is 39.6 Å². The zero-order valence-corrected chi connectivity index (χ0v) is 11.3. The molecule has 0 bridgehead atoms. The lowest BCUT2D eigenvalue weighted by atomic mass is 10.0. The second kappa shape index (κ2) is 4.33. The molecular formula is C12H12N6OS. The highest BCUT2D eigenvalue weighted by atomic mass is 32.1. The van der Waals surface area contributed by atoms with E-state index in [2.05, 4.69) is 16.5 Å². The van der Waals surface area contributed by atoms with E-state index >= 15 is 0 Å². The van der Waals surface area contributed by atoms with Crippen LogP contribution in [0.25, 0.3) is 10.2 Å². The van der Waals surface area contributed by atoms with Gasteiger partial charge < -0.3 is 11.5 Å². The van der Waals surface area contributed by atoms with Gasteiger partial charge in [0.15, 0.2) is 0 Å². The number of nitrogens with zero attached hydrogens (tertiary/aromatic N) is 2. The van der Waals surface area contributed by atoms with Crippen molar-refractivity contribution in [2.75, 3.05) is 11.5 Å². The summed E-state index contributed by atoms with van der Waals surface area (Å²) in [5.74, 6) is 5.13. The molecule has 0 unspecified atom stereocenters. The van der Waals surface area contributed by atoms with Crippen molar-refractivity contribution < 1.29 is 4.79 Å². The third-order valence-electron chi connectivity index (χ3n) is 3.38. The molecule has 0 saturated heterocycles. The highest BCUT2D eigenvalue weighted by Crippen LogP contribution is 2.49. The third kappa shape index (κ3) is 1.68. The SMILES string of the molecule is N#Cc1c(N)nc2sc(C(=O)NN)c(N)c2c1C1CC1. The van der Waals surface area contributed by atoms with Gasteiger partial charge in [-0.05, 0) is 24.3 Å². The molecule has 0 radical (unpaired) electrons. The van der Waals surface area contributed by atoms with E-state index in [-0.39, 0.29) is 11.7 Å². The molecule has 2 heterocycles. The summed E-state index contributed by atoms with van der Waals surface area (Å²) in [5, 5.41) is 9.95. The van der Waals surface area contributed by atoms with Crippen LogP contribution in [0.15, 0.2) is 0 Å². The van der Waals surface area contributed by atoms with Crippen LogP contribution in [0, 0.1) is 11.3 Å². The largest absolute Gasteiger partial charge is 0.397 e. The smallest absolute Gasteiger partial charge is 0.277 e. The summed E-state index contributed by atoms with van der Waals surface area (Å²) in [6, 6.07) is 2.09. The van der Waals surface area contributed by atoms with Crippen LogP contribution in [0.5, 0.6) is 0 Å². The van der Waals surface area contributed by atoms with Crippen LogP contribution in [0.4, 0.5) is 11.5 Å². The fourth-order valence-electron chi connectivity index (χ4n) is 2.33. The Balaban J connectivity index is 2.38. The molecule has 1 saturated carbocycles. The number of rotatable bonds is 2. The average molecular weight is 288 g/mol. The number of nitrogen functional groups attached to an aromatic ring is 3. The van der Waals surface area contributed by atoms with E-state index in [4.69, 9.17) is 17.3 Å². The van der Waals surface area contributed by atoms with Gasteiger partial charge in [-0.1, -0.05) is 0 Å². The number of hydrazine groups is 1. The molecule has 0 aromatic carbocycles. The summed E-state index contributed by atoms with van der Waals surface area (Å²) in [4.78, 5) is 16.8. The van der Waals surface area contributed by atoms with Gasteiger partial charge in [0, 0.05) is 5.39 Å². The molecule has 3 rings (SSSR count). The van der Waals surface area contributed by atoms with Gasteiger partial charge in [-0.3, -0.25) is 10.2 Å². The van der Waals surface area contributed by atoms with E-state index in [1.165, 1.54) is 0 Å². The number of aromatic nitrogens is 1. The van der Waals surface area contributed by atoms with Crippen molar-refractivity contribution >= 4 is 39.0 Å². The van der Waals surface area contributed by atoms with Gasteiger partial charge in [-0.15, -0.1) is 11.3 Å². The predicted molar refractivity (Wildman–Crippen MR) is 76.8 cm³/mol. The van der Waals surface area contributed by atoms with Crippen molar-refractivity contribution in [1.82, 2.24) is 10.4 Å². The average Bonchev–Trinajstić information content (AvgIpc) is 3.22. The second-order valence-corrected chi connectivity index (χ2v) is 5.67. The summed E-state index contributed by atoms with van der Waals surface area (Å²) in [6.45, 7) is 0. The fourth-order valence-corrected chi connectivity index (χ4v) is 3.35. The lowest BCUT2D eigenvalue weighted by molar-refractivity contribution is 0.0958. The number of thiophene rings is 1. The first kappa shape index (κ1) is 12.7. The summed E-state index contributed by atoms with van der Waals surface area (Å²) < 4.78 is 0. The molecule has 1 amide bonds. The van der Waals surface area contributed by atoms with E-state index in [0.717, 1.165) is 29.7 Å². The van der Waals surface area contributed by atoms with Crippen LogP contribution in [-0.4, -0.2) is 10.9 Å². The number of pyridine rings is 1. The number of nitriles is 1. The number of anilines is 2. The molecule has 102 valence electrons. The van der Waals surface area contributed by atoms with Gasteiger partial charge in [-0.25, -0.2) is 10.8 Å². The highest BCUT2D eigenvalue weighted by Gasteiger charge is 2.32. The maximum Gasteiger partial charge on any atom is 0.277 e. The lowest BCUT2D eigenvalue weighted by Gasteiger charge is -2.07. The molecular weight excluding hydrogens is 276 g/mol. The number of carbonyl (C=O) groups excluding carboxylic acids is 1. The molecule has 1 fully saturated rings. The minimum atomic E-state index is -0.468. The number of carbonyl (C=O) groups is 1. The molecule has 2 aromatic rings. The Morgan fingerprint density at radius 1 is 1.45 bits per heavy atom. The molecule has 8 heteroatoms. The molecule has 7 N–H and O–H groups in total. The molecule has 7 nitrogen and oxygen atoms in total. The molecule has 2 aromatic heterocycles. The highest BCUT2D eigenvalue weighted by molar-refractivity contribution is 7.21. The van der Waals surface area contributed by atoms with Crippen molar-refractivity contribution in [1.29, 1.82) is 5.26 Å². The van der Waals surface area contributed by atoms with Crippen molar-refractivity contribution in [2.24, 2.45) is 5.84 Å². The van der Waals surface area contributed by atoms with Crippen LogP contribution < -0.4 is 22.7 Å². The Hall–Kier alpha value is -2.37. The Bertz CT molecular complexity index is 771. The Kier molecular flexibility index (Phi) is 2.74. The fraction of sp³-hybridized carbons (Fsp3) is 0.250. The molecule has 0 atom stereocenters. The molecule has 20 heavy (non-hydrogen) atoms. The van der Waals surface area contributed by atoms with E-state index < -0.39 is 5.91 Å². The topological polar surface area (TPSA) is 144 Å². The van der Waals surface area contributed by atoms with Crippen LogP contribution in [0.3, 0.4) is 0 Å². The number of fused-ring (bicyclic) bond motifs is 1. The minimum absolute atomic E-state index is 0.183. The third-order valence-corrected chi connectivity index (χ3v) is 4.48. The minimum Gasteiger partial charge on any atom is -0.397 e. The van der Waals surface area contributed by atoms with Crippen LogP contribution >= 0.6 is 11.3 Å². The second-order valence-electron chi connectivity index (χ2n) is 4.67. The van der Waals surface area contributed by atoms with E-state index in [9.17, 15) is 10.1 Å². The maximum absolute atomic E-state index is 11.7.